The molecule has 1 heterocycles. The van der Waals surface area contributed by atoms with E-state index < -0.39 is 12.5 Å². The summed E-state index contributed by atoms with van der Waals surface area (Å²) >= 11 is 0. The van der Waals surface area contributed by atoms with Crippen LogP contribution in [0.15, 0.2) is 66.7 Å². The zero-order chi connectivity index (χ0) is 22.7. The molecule has 0 atom stereocenters. The molecule has 0 spiro atoms. The van der Waals surface area contributed by atoms with Crippen LogP contribution in [-0.2, 0) is 0 Å². The number of carbonyl (C=O) groups is 1. The Hall–Kier alpha value is -3.80. The second-order valence-electron chi connectivity index (χ2n) is 7.72. The lowest BCUT2D eigenvalue weighted by Crippen LogP contribution is -2.20. The molecule has 0 bridgehead atoms. The molecule has 0 aliphatic heterocycles. The maximum atomic E-state index is 12.9. The lowest BCUT2D eigenvalue weighted by Gasteiger charge is -2.11. The van der Waals surface area contributed by atoms with Gasteiger partial charge in [0.1, 0.15) is 11.6 Å². The SMILES string of the molecule is CC(=O)c1ccccc1-c1ccc2nc(/C=C/c3ccc(OCC(C)(F)F)cc3)[nH]c2c1. The Bertz CT molecular complexity index is 1290. The Morgan fingerprint density at radius 2 is 1.81 bits per heavy atom. The van der Waals surface area contributed by atoms with Crippen molar-refractivity contribution in [2.45, 2.75) is 19.8 Å². The summed E-state index contributed by atoms with van der Waals surface area (Å²) in [7, 11) is 0. The standard InChI is InChI=1S/C26H22F2N2O2/c1-17(31)21-5-3-4-6-22(21)19-10-13-23-24(15-19)30-25(29-23)14-9-18-7-11-20(12-8-18)32-16-26(2,27)28/h3-15H,16H2,1-2H3,(H,29,30)/b14-9+. The van der Waals surface area contributed by atoms with Crippen LogP contribution in [-0.4, -0.2) is 28.3 Å². The van der Waals surface area contributed by atoms with Crippen LogP contribution in [0.2, 0.25) is 0 Å². The normalized spacial score (nSPS) is 11.9. The number of Topliss-reactive ketones (excluding diaryl/α,β-unsaturated/α-hetero) is 1. The molecule has 4 aromatic rings. The fraction of sp³-hybridized carbons (Fsp3) is 0.154. The Morgan fingerprint density at radius 1 is 1.06 bits per heavy atom. The van der Waals surface area contributed by atoms with Gasteiger partial charge < -0.3 is 9.72 Å². The van der Waals surface area contributed by atoms with E-state index in [1.807, 2.05) is 54.6 Å². The minimum absolute atomic E-state index is 0.0220. The summed E-state index contributed by atoms with van der Waals surface area (Å²) in [5.74, 6) is -1.77. The molecule has 4 nitrogen and oxygen atoms in total. The van der Waals surface area contributed by atoms with Crippen LogP contribution in [0.3, 0.4) is 0 Å². The third kappa shape index (κ3) is 5.09. The molecule has 1 aromatic heterocycles. The first-order valence-corrected chi connectivity index (χ1v) is 10.2. The van der Waals surface area contributed by atoms with Crippen molar-refractivity contribution in [3.63, 3.8) is 0 Å². The highest BCUT2D eigenvalue weighted by Crippen LogP contribution is 2.27. The molecule has 162 valence electrons. The van der Waals surface area contributed by atoms with Crippen molar-refractivity contribution in [1.29, 1.82) is 0 Å². The molecule has 0 amide bonds. The average molecular weight is 432 g/mol. The van der Waals surface area contributed by atoms with Crippen LogP contribution in [0, 0.1) is 0 Å². The summed E-state index contributed by atoms with van der Waals surface area (Å²) in [5, 5.41) is 0. The fourth-order valence-electron chi connectivity index (χ4n) is 3.38. The van der Waals surface area contributed by atoms with Crippen molar-refractivity contribution >= 4 is 29.0 Å². The van der Waals surface area contributed by atoms with Gasteiger partial charge in [-0.25, -0.2) is 13.8 Å². The van der Waals surface area contributed by atoms with Gasteiger partial charge in [-0.1, -0.05) is 48.5 Å². The highest BCUT2D eigenvalue weighted by atomic mass is 19.3. The minimum atomic E-state index is -2.87. The highest BCUT2D eigenvalue weighted by Gasteiger charge is 2.21. The lowest BCUT2D eigenvalue weighted by atomic mass is 9.97. The van der Waals surface area contributed by atoms with Crippen molar-refractivity contribution in [2.75, 3.05) is 6.61 Å². The second kappa shape index (κ2) is 8.75. The Balaban J connectivity index is 1.52. The van der Waals surface area contributed by atoms with Gasteiger partial charge in [-0.15, -0.1) is 0 Å². The van der Waals surface area contributed by atoms with E-state index >= 15 is 0 Å². The van der Waals surface area contributed by atoms with E-state index in [0.717, 1.165) is 34.6 Å². The molecule has 0 aliphatic rings. The number of carbonyl (C=O) groups excluding carboxylic acids is 1. The molecular weight excluding hydrogens is 410 g/mol. The van der Waals surface area contributed by atoms with E-state index in [4.69, 9.17) is 4.74 Å². The Morgan fingerprint density at radius 3 is 2.53 bits per heavy atom. The maximum absolute atomic E-state index is 12.9. The van der Waals surface area contributed by atoms with Gasteiger partial charge in [0.2, 0.25) is 0 Å². The molecule has 4 rings (SSSR count). The van der Waals surface area contributed by atoms with Gasteiger partial charge >= 0.3 is 0 Å². The Labute approximate surface area is 184 Å². The molecule has 0 unspecified atom stereocenters. The first-order valence-electron chi connectivity index (χ1n) is 10.2. The van der Waals surface area contributed by atoms with Crippen molar-refractivity contribution in [3.8, 4) is 16.9 Å². The molecule has 1 N–H and O–H groups in total. The van der Waals surface area contributed by atoms with E-state index in [1.54, 1.807) is 31.2 Å². The number of benzene rings is 3. The van der Waals surface area contributed by atoms with Crippen LogP contribution in [0.1, 0.15) is 35.6 Å². The summed E-state index contributed by atoms with van der Waals surface area (Å²) in [6.07, 6.45) is 3.72. The number of hydrogen-bond acceptors (Lipinski definition) is 3. The maximum Gasteiger partial charge on any atom is 0.278 e. The first-order chi connectivity index (χ1) is 15.3. The number of nitrogens with one attached hydrogen (secondary N) is 1. The first kappa shape index (κ1) is 21.4. The quantitative estimate of drug-likeness (QED) is 0.333. The monoisotopic (exact) mass is 432 g/mol. The third-order valence-corrected chi connectivity index (χ3v) is 4.92. The molecular formula is C26H22F2N2O2. The number of aromatic amines is 1. The van der Waals surface area contributed by atoms with Crippen LogP contribution in [0.4, 0.5) is 8.78 Å². The van der Waals surface area contributed by atoms with Crippen LogP contribution >= 0.6 is 0 Å². The molecule has 6 heteroatoms. The van der Waals surface area contributed by atoms with E-state index in [2.05, 4.69) is 9.97 Å². The summed E-state index contributed by atoms with van der Waals surface area (Å²) in [4.78, 5) is 19.8. The minimum Gasteiger partial charge on any atom is -0.487 e. The van der Waals surface area contributed by atoms with Crippen molar-refractivity contribution < 1.29 is 18.3 Å². The summed E-state index contributed by atoms with van der Waals surface area (Å²) in [5.41, 5.74) is 5.08. The van der Waals surface area contributed by atoms with E-state index in [1.165, 1.54) is 0 Å². The number of H-pyrrole nitrogens is 1. The summed E-state index contributed by atoms with van der Waals surface area (Å²) in [6.45, 7) is 1.73. The number of fused-ring (bicyclic) bond motifs is 1. The van der Waals surface area contributed by atoms with Gasteiger partial charge in [-0.3, -0.25) is 4.79 Å². The summed E-state index contributed by atoms with van der Waals surface area (Å²) < 4.78 is 30.9. The van der Waals surface area contributed by atoms with Crippen molar-refractivity contribution in [2.24, 2.45) is 0 Å². The van der Waals surface area contributed by atoms with Gasteiger partial charge in [-0.05, 0) is 54.0 Å². The van der Waals surface area contributed by atoms with Crippen LogP contribution in [0.5, 0.6) is 5.75 Å². The predicted octanol–water partition coefficient (Wildman–Crippen LogP) is 6.64. The number of hydrogen-bond donors (Lipinski definition) is 1. The number of imidazole rings is 1. The third-order valence-electron chi connectivity index (χ3n) is 4.92. The number of nitrogens with zero attached hydrogens (tertiary/aromatic N) is 1. The largest absolute Gasteiger partial charge is 0.487 e. The van der Waals surface area contributed by atoms with Gasteiger partial charge in [-0.2, -0.15) is 0 Å². The van der Waals surface area contributed by atoms with Crippen molar-refractivity contribution in [1.82, 2.24) is 9.97 Å². The molecule has 0 fully saturated rings. The zero-order valence-corrected chi connectivity index (χ0v) is 17.7. The molecule has 0 radical (unpaired) electrons. The lowest BCUT2D eigenvalue weighted by molar-refractivity contribution is -0.0229. The Kier molecular flexibility index (Phi) is 5.86. The zero-order valence-electron chi connectivity index (χ0n) is 17.7. The van der Waals surface area contributed by atoms with Crippen LogP contribution < -0.4 is 4.74 Å². The molecule has 3 aromatic carbocycles. The van der Waals surface area contributed by atoms with Crippen molar-refractivity contribution in [3.05, 3.63) is 83.7 Å². The molecule has 0 saturated heterocycles. The number of halogens is 2. The molecule has 0 aliphatic carbocycles. The van der Waals surface area contributed by atoms with Gasteiger partial charge in [0.25, 0.3) is 5.92 Å². The molecule has 32 heavy (non-hydrogen) atoms. The van der Waals surface area contributed by atoms with Crippen LogP contribution in [0.25, 0.3) is 34.3 Å². The molecule has 0 saturated carbocycles. The van der Waals surface area contributed by atoms with E-state index in [-0.39, 0.29) is 5.78 Å². The smallest absolute Gasteiger partial charge is 0.278 e. The number of aromatic nitrogens is 2. The van der Waals surface area contributed by atoms with E-state index in [9.17, 15) is 13.6 Å². The predicted molar refractivity (Wildman–Crippen MR) is 123 cm³/mol. The number of rotatable bonds is 7. The number of alkyl halides is 2. The number of ketones is 1. The topological polar surface area (TPSA) is 55.0 Å². The van der Waals surface area contributed by atoms with Gasteiger partial charge in [0, 0.05) is 12.5 Å². The fourth-order valence-corrected chi connectivity index (χ4v) is 3.38. The number of ether oxygens (including phenoxy) is 1. The summed E-state index contributed by atoms with van der Waals surface area (Å²) in [6, 6.07) is 20.3. The highest BCUT2D eigenvalue weighted by molar-refractivity contribution is 6.01. The van der Waals surface area contributed by atoms with Gasteiger partial charge in [0.05, 0.1) is 11.0 Å². The van der Waals surface area contributed by atoms with E-state index in [0.29, 0.717) is 17.1 Å². The van der Waals surface area contributed by atoms with Gasteiger partial charge in [0.15, 0.2) is 12.4 Å². The average Bonchev–Trinajstić information content (AvgIpc) is 3.18. The second-order valence-corrected chi connectivity index (χ2v) is 7.72.